The minimum absolute atomic E-state index is 0.280. The third-order valence-corrected chi connectivity index (χ3v) is 4.68. The van der Waals surface area contributed by atoms with Crippen LogP contribution in [0.1, 0.15) is 34.2 Å². The number of aryl methyl sites for hydroxylation is 1. The molecule has 7 nitrogen and oxygen atoms in total. The van der Waals surface area contributed by atoms with Crippen molar-refractivity contribution in [1.82, 2.24) is 9.88 Å². The van der Waals surface area contributed by atoms with E-state index in [9.17, 15) is 14.4 Å². The average molecular weight is 398 g/mol. The van der Waals surface area contributed by atoms with Gasteiger partial charge in [-0.15, -0.1) is 0 Å². The van der Waals surface area contributed by atoms with Crippen LogP contribution in [0.15, 0.2) is 36.4 Å². The van der Waals surface area contributed by atoms with Gasteiger partial charge in [-0.2, -0.15) is 0 Å². The van der Waals surface area contributed by atoms with Crippen molar-refractivity contribution in [2.24, 2.45) is 7.05 Å². The number of methoxy groups -OCH3 is 1. The second kappa shape index (κ2) is 9.73. The number of Topliss-reactive ketones (excluding diaryl/α,β-unsaturated/α-hetero) is 1. The molecular weight excluding hydrogens is 372 g/mol. The van der Waals surface area contributed by atoms with Gasteiger partial charge in [-0.05, 0) is 50.6 Å². The quantitative estimate of drug-likeness (QED) is 0.420. The molecule has 2 aromatic rings. The number of esters is 1. The Morgan fingerprint density at radius 1 is 1.17 bits per heavy atom. The van der Waals surface area contributed by atoms with E-state index in [1.54, 1.807) is 43.5 Å². The maximum Gasteiger partial charge on any atom is 0.328 e. The van der Waals surface area contributed by atoms with Crippen LogP contribution in [0.25, 0.3) is 6.08 Å². The monoisotopic (exact) mass is 398 g/mol. The van der Waals surface area contributed by atoms with Crippen LogP contribution in [0.3, 0.4) is 0 Å². The van der Waals surface area contributed by atoms with Gasteiger partial charge in [0.1, 0.15) is 11.8 Å². The Labute approximate surface area is 170 Å². The normalized spacial score (nSPS) is 11.9. The van der Waals surface area contributed by atoms with Gasteiger partial charge in [-0.1, -0.05) is 12.1 Å². The number of rotatable bonds is 8. The molecule has 0 saturated carbocycles. The molecular formula is C22H26N2O5. The van der Waals surface area contributed by atoms with E-state index in [0.29, 0.717) is 5.56 Å². The molecule has 0 saturated heterocycles. The van der Waals surface area contributed by atoms with Gasteiger partial charge in [0.25, 0.3) is 0 Å². The Balaban J connectivity index is 1.84. The Morgan fingerprint density at radius 2 is 1.83 bits per heavy atom. The van der Waals surface area contributed by atoms with Gasteiger partial charge >= 0.3 is 5.97 Å². The Morgan fingerprint density at radius 3 is 2.38 bits per heavy atom. The van der Waals surface area contributed by atoms with Crippen LogP contribution in [0, 0.1) is 13.8 Å². The highest BCUT2D eigenvalue weighted by molar-refractivity contribution is 6.00. The standard InChI is InChI=1S/C22H26N2O5/c1-14-12-19(16(3)24(14)4)20(25)13-29-22(27)15(2)23-21(26)11-8-17-6-9-18(28-5)10-7-17/h6-12,15H,13H2,1-5H3,(H,23,26)/b11-8+/t15-/m0/s1. The van der Waals surface area contributed by atoms with Crippen LogP contribution in [0.4, 0.5) is 0 Å². The smallest absolute Gasteiger partial charge is 0.328 e. The van der Waals surface area contributed by atoms with Crippen LogP contribution in [-0.4, -0.2) is 42.0 Å². The molecule has 0 unspecified atom stereocenters. The summed E-state index contributed by atoms with van der Waals surface area (Å²) in [6.07, 6.45) is 2.95. The lowest BCUT2D eigenvalue weighted by Crippen LogP contribution is -2.39. The van der Waals surface area contributed by atoms with Gasteiger partial charge in [-0.25, -0.2) is 4.79 Å². The van der Waals surface area contributed by atoms with Crippen molar-refractivity contribution in [1.29, 1.82) is 0 Å². The number of ether oxygens (including phenoxy) is 2. The third kappa shape index (κ3) is 5.81. The molecule has 0 bridgehead atoms. The molecule has 154 valence electrons. The fourth-order valence-electron chi connectivity index (χ4n) is 2.68. The van der Waals surface area contributed by atoms with E-state index in [2.05, 4.69) is 5.32 Å². The van der Waals surface area contributed by atoms with Crippen molar-refractivity contribution in [2.75, 3.05) is 13.7 Å². The van der Waals surface area contributed by atoms with Gasteiger partial charge in [-0.3, -0.25) is 9.59 Å². The highest BCUT2D eigenvalue weighted by Crippen LogP contribution is 2.14. The molecule has 0 aliphatic rings. The Bertz CT molecular complexity index is 925. The summed E-state index contributed by atoms with van der Waals surface area (Å²) >= 11 is 0. The number of ketones is 1. The van der Waals surface area contributed by atoms with Crippen molar-refractivity contribution in [2.45, 2.75) is 26.8 Å². The summed E-state index contributed by atoms with van der Waals surface area (Å²) in [6.45, 7) is 4.86. The van der Waals surface area contributed by atoms with Crippen LogP contribution in [0.2, 0.25) is 0 Å². The van der Waals surface area contributed by atoms with Crippen molar-refractivity contribution in [3.05, 3.63) is 58.9 Å². The summed E-state index contributed by atoms with van der Waals surface area (Å²) in [5, 5.41) is 2.52. The fraction of sp³-hybridized carbons (Fsp3) is 0.318. The molecule has 1 amide bonds. The van der Waals surface area contributed by atoms with Gasteiger partial charge < -0.3 is 19.4 Å². The molecule has 1 heterocycles. The number of hydrogen-bond acceptors (Lipinski definition) is 5. The second-order valence-corrected chi connectivity index (χ2v) is 6.71. The maximum atomic E-state index is 12.3. The number of hydrogen-bond donors (Lipinski definition) is 1. The second-order valence-electron chi connectivity index (χ2n) is 6.71. The van der Waals surface area contributed by atoms with Gasteiger partial charge in [0.15, 0.2) is 6.61 Å². The molecule has 1 aromatic heterocycles. The molecule has 7 heteroatoms. The zero-order chi connectivity index (χ0) is 21.6. The third-order valence-electron chi connectivity index (χ3n) is 4.68. The number of carbonyl (C=O) groups excluding carboxylic acids is 3. The summed E-state index contributed by atoms with van der Waals surface area (Å²) in [5.41, 5.74) is 3.10. The zero-order valence-corrected chi connectivity index (χ0v) is 17.3. The minimum atomic E-state index is -0.880. The molecule has 1 N–H and O–H groups in total. The van der Waals surface area contributed by atoms with Crippen LogP contribution >= 0.6 is 0 Å². The summed E-state index contributed by atoms with van der Waals surface area (Å²) in [5.74, 6) is -0.670. The summed E-state index contributed by atoms with van der Waals surface area (Å²) in [6, 6.07) is 8.06. The lowest BCUT2D eigenvalue weighted by atomic mass is 10.1. The van der Waals surface area contributed by atoms with E-state index >= 15 is 0 Å². The molecule has 0 spiro atoms. The first kappa shape index (κ1) is 21.9. The van der Waals surface area contributed by atoms with Gasteiger partial charge in [0, 0.05) is 30.1 Å². The Kier molecular flexibility index (Phi) is 7.36. The Hall–Kier alpha value is -3.35. The number of nitrogens with zero attached hydrogens (tertiary/aromatic N) is 1. The molecule has 2 rings (SSSR count). The molecule has 1 aromatic carbocycles. The first-order chi connectivity index (χ1) is 13.7. The number of nitrogens with one attached hydrogen (secondary N) is 1. The highest BCUT2D eigenvalue weighted by Gasteiger charge is 2.20. The summed E-state index contributed by atoms with van der Waals surface area (Å²) in [7, 11) is 3.44. The number of benzene rings is 1. The van der Waals surface area contributed by atoms with Crippen LogP contribution < -0.4 is 10.1 Å². The lowest BCUT2D eigenvalue weighted by molar-refractivity contribution is -0.145. The van der Waals surface area contributed by atoms with Gasteiger partial charge in [0.2, 0.25) is 11.7 Å². The first-order valence-electron chi connectivity index (χ1n) is 9.18. The SMILES string of the molecule is COc1ccc(/C=C/C(=O)N[C@@H](C)C(=O)OCC(=O)c2cc(C)n(C)c2C)cc1. The molecule has 0 aliphatic carbocycles. The highest BCUT2D eigenvalue weighted by atomic mass is 16.5. The molecule has 0 radical (unpaired) electrons. The number of aromatic nitrogens is 1. The topological polar surface area (TPSA) is 86.6 Å². The van der Waals surface area contributed by atoms with Crippen LogP contribution in [-0.2, 0) is 21.4 Å². The molecule has 1 atom stereocenters. The molecule has 29 heavy (non-hydrogen) atoms. The van der Waals surface area contributed by atoms with E-state index in [1.807, 2.05) is 25.5 Å². The van der Waals surface area contributed by atoms with Crippen molar-refractivity contribution in [3.63, 3.8) is 0 Å². The zero-order valence-electron chi connectivity index (χ0n) is 17.3. The minimum Gasteiger partial charge on any atom is -0.497 e. The van der Waals surface area contributed by atoms with Crippen molar-refractivity contribution < 1.29 is 23.9 Å². The van der Waals surface area contributed by atoms with Crippen LogP contribution in [0.5, 0.6) is 5.75 Å². The summed E-state index contributed by atoms with van der Waals surface area (Å²) < 4.78 is 12.0. The van der Waals surface area contributed by atoms with Crippen molar-refractivity contribution >= 4 is 23.7 Å². The number of carbonyl (C=O) groups is 3. The maximum absolute atomic E-state index is 12.3. The van der Waals surface area contributed by atoms with Gasteiger partial charge in [0.05, 0.1) is 7.11 Å². The first-order valence-corrected chi connectivity index (χ1v) is 9.18. The number of amides is 1. The molecule has 0 fully saturated rings. The van der Waals surface area contributed by atoms with E-state index in [4.69, 9.17) is 9.47 Å². The lowest BCUT2D eigenvalue weighted by Gasteiger charge is -2.12. The molecule has 0 aliphatic heterocycles. The van der Waals surface area contributed by atoms with E-state index < -0.39 is 17.9 Å². The van der Waals surface area contributed by atoms with E-state index in [0.717, 1.165) is 22.7 Å². The average Bonchev–Trinajstić information content (AvgIpc) is 2.97. The van der Waals surface area contributed by atoms with E-state index in [1.165, 1.54) is 13.0 Å². The van der Waals surface area contributed by atoms with Crippen molar-refractivity contribution in [3.8, 4) is 5.75 Å². The summed E-state index contributed by atoms with van der Waals surface area (Å²) in [4.78, 5) is 36.4. The van der Waals surface area contributed by atoms with E-state index in [-0.39, 0.29) is 12.4 Å². The fourth-order valence-corrected chi connectivity index (χ4v) is 2.68. The largest absolute Gasteiger partial charge is 0.497 e. The predicted octanol–water partition coefficient (Wildman–Crippen LogP) is 2.59. The predicted molar refractivity (Wildman–Crippen MR) is 110 cm³/mol.